The van der Waals surface area contributed by atoms with Crippen molar-refractivity contribution in [3.63, 3.8) is 0 Å². The number of rotatable bonds is 4. The number of carboxylic acids is 1. The van der Waals surface area contributed by atoms with Crippen LogP contribution in [0.4, 0.5) is 4.79 Å². The van der Waals surface area contributed by atoms with E-state index in [1.807, 2.05) is 11.8 Å². The first-order valence-electron chi connectivity index (χ1n) is 5.98. The molecule has 0 spiro atoms. The summed E-state index contributed by atoms with van der Waals surface area (Å²) in [5.41, 5.74) is -0.707. The van der Waals surface area contributed by atoms with Crippen LogP contribution in [0, 0.1) is 5.41 Å². The van der Waals surface area contributed by atoms with Crippen LogP contribution in [0.2, 0.25) is 0 Å². The molecule has 1 saturated carbocycles. The highest BCUT2D eigenvalue weighted by Crippen LogP contribution is 2.40. The molecule has 17 heavy (non-hydrogen) atoms. The van der Waals surface area contributed by atoms with E-state index >= 15 is 0 Å². The molecule has 2 fully saturated rings. The molecule has 3 N–H and O–H groups in total. The van der Waals surface area contributed by atoms with Crippen LogP contribution < -0.4 is 10.6 Å². The second-order valence-electron chi connectivity index (χ2n) is 4.83. The van der Waals surface area contributed by atoms with Gasteiger partial charge >= 0.3 is 12.0 Å². The highest BCUT2D eigenvalue weighted by molar-refractivity contribution is 7.99. The minimum absolute atomic E-state index is 0.231. The normalized spacial score (nSPS) is 26.0. The number of carboxylic acid groups (broad SMARTS) is 1. The topological polar surface area (TPSA) is 78.4 Å². The Labute approximate surface area is 105 Å². The Morgan fingerprint density at radius 3 is 2.65 bits per heavy atom. The predicted octanol–water partition coefficient (Wildman–Crippen LogP) is 1.05. The molecule has 1 aliphatic carbocycles. The number of hydrogen-bond acceptors (Lipinski definition) is 3. The molecule has 2 aliphatic rings. The molecule has 2 rings (SSSR count). The van der Waals surface area contributed by atoms with Crippen molar-refractivity contribution in [3.05, 3.63) is 0 Å². The number of thioether (sulfide) groups is 1. The van der Waals surface area contributed by atoms with Crippen LogP contribution in [-0.4, -0.2) is 41.2 Å². The molecule has 0 aromatic heterocycles. The van der Waals surface area contributed by atoms with Gasteiger partial charge in [-0.05, 0) is 25.0 Å². The summed E-state index contributed by atoms with van der Waals surface area (Å²) in [4.78, 5) is 22.7. The van der Waals surface area contributed by atoms with E-state index in [2.05, 4.69) is 10.6 Å². The number of nitrogens with one attached hydrogen (secondary N) is 2. The molecule has 1 heterocycles. The third kappa shape index (κ3) is 2.86. The number of carbonyl (C=O) groups is 2. The number of hydrogen-bond donors (Lipinski definition) is 3. The second kappa shape index (κ2) is 5.16. The molecular formula is C11H18N2O3S. The molecule has 0 aromatic rings. The van der Waals surface area contributed by atoms with Crippen molar-refractivity contribution in [2.24, 2.45) is 5.41 Å². The molecule has 0 bridgehead atoms. The van der Waals surface area contributed by atoms with Crippen LogP contribution in [-0.2, 0) is 4.79 Å². The Morgan fingerprint density at radius 2 is 2.18 bits per heavy atom. The maximum absolute atomic E-state index is 11.6. The zero-order valence-corrected chi connectivity index (χ0v) is 10.5. The van der Waals surface area contributed by atoms with E-state index in [1.165, 1.54) is 0 Å². The van der Waals surface area contributed by atoms with Gasteiger partial charge in [-0.1, -0.05) is 6.42 Å². The SMILES string of the molecule is O=C(NCC1(C(=O)O)CCC1)NC1CCSC1. The first-order valence-corrected chi connectivity index (χ1v) is 7.13. The van der Waals surface area contributed by atoms with E-state index in [0.29, 0.717) is 12.8 Å². The molecule has 6 heteroatoms. The van der Waals surface area contributed by atoms with Gasteiger partial charge in [0.05, 0.1) is 5.41 Å². The van der Waals surface area contributed by atoms with Crippen molar-refractivity contribution in [1.82, 2.24) is 10.6 Å². The summed E-state index contributed by atoms with van der Waals surface area (Å²) in [6, 6.07) is 0.00666. The van der Waals surface area contributed by atoms with Gasteiger partial charge in [-0.15, -0.1) is 0 Å². The molecule has 0 aromatic carbocycles. The minimum Gasteiger partial charge on any atom is -0.481 e. The summed E-state index contributed by atoms with van der Waals surface area (Å²) in [6.45, 7) is 0.244. The quantitative estimate of drug-likeness (QED) is 0.704. The molecule has 1 unspecified atom stereocenters. The fourth-order valence-corrected chi connectivity index (χ4v) is 3.36. The van der Waals surface area contributed by atoms with E-state index in [1.54, 1.807) is 0 Å². The first-order chi connectivity index (χ1) is 8.12. The van der Waals surface area contributed by atoms with Crippen LogP contribution in [0.5, 0.6) is 0 Å². The van der Waals surface area contributed by atoms with Crippen molar-refractivity contribution < 1.29 is 14.7 Å². The maximum Gasteiger partial charge on any atom is 0.315 e. The Bertz CT molecular complexity index is 312. The summed E-state index contributed by atoms with van der Waals surface area (Å²) >= 11 is 1.83. The highest BCUT2D eigenvalue weighted by atomic mass is 32.2. The van der Waals surface area contributed by atoms with Crippen LogP contribution in [0.3, 0.4) is 0 Å². The summed E-state index contributed by atoms with van der Waals surface area (Å²) < 4.78 is 0. The van der Waals surface area contributed by atoms with Gasteiger partial charge in [0.2, 0.25) is 0 Å². The molecule has 96 valence electrons. The average molecular weight is 258 g/mol. The molecule has 1 aliphatic heterocycles. The van der Waals surface area contributed by atoms with E-state index in [0.717, 1.165) is 24.3 Å². The smallest absolute Gasteiger partial charge is 0.315 e. The van der Waals surface area contributed by atoms with Gasteiger partial charge in [0.1, 0.15) is 0 Å². The molecular weight excluding hydrogens is 240 g/mol. The zero-order chi connectivity index (χ0) is 12.3. The third-order valence-electron chi connectivity index (χ3n) is 3.62. The number of carbonyl (C=O) groups excluding carboxylic acids is 1. The van der Waals surface area contributed by atoms with E-state index in [-0.39, 0.29) is 18.6 Å². The van der Waals surface area contributed by atoms with Crippen molar-refractivity contribution in [2.75, 3.05) is 18.1 Å². The number of amides is 2. The Hall–Kier alpha value is -0.910. The largest absolute Gasteiger partial charge is 0.481 e. The average Bonchev–Trinajstić information content (AvgIpc) is 2.68. The summed E-state index contributed by atoms with van der Waals surface area (Å²) in [6.07, 6.45) is 3.28. The summed E-state index contributed by atoms with van der Waals surface area (Å²) in [5, 5.41) is 14.7. The van der Waals surface area contributed by atoms with Crippen LogP contribution in [0.15, 0.2) is 0 Å². The lowest BCUT2D eigenvalue weighted by Crippen LogP contribution is -2.51. The van der Waals surface area contributed by atoms with Gasteiger partial charge in [-0.25, -0.2) is 4.79 Å². The minimum atomic E-state index is -0.791. The van der Waals surface area contributed by atoms with E-state index in [4.69, 9.17) is 5.11 Å². The standard InChI is InChI=1S/C11H18N2O3S/c14-9(15)11(3-1-4-11)7-12-10(16)13-8-2-5-17-6-8/h8H,1-7H2,(H,14,15)(H2,12,13,16). The van der Waals surface area contributed by atoms with E-state index < -0.39 is 11.4 Å². The third-order valence-corrected chi connectivity index (χ3v) is 4.78. The maximum atomic E-state index is 11.6. The van der Waals surface area contributed by atoms with Crippen LogP contribution in [0.1, 0.15) is 25.7 Å². The van der Waals surface area contributed by atoms with Gasteiger partial charge in [0.15, 0.2) is 0 Å². The van der Waals surface area contributed by atoms with Crippen LogP contribution in [0.25, 0.3) is 0 Å². The second-order valence-corrected chi connectivity index (χ2v) is 5.98. The zero-order valence-electron chi connectivity index (χ0n) is 9.70. The van der Waals surface area contributed by atoms with Gasteiger partial charge in [-0.2, -0.15) is 11.8 Å². The van der Waals surface area contributed by atoms with Crippen LogP contribution >= 0.6 is 11.8 Å². The number of urea groups is 1. The molecule has 0 radical (unpaired) electrons. The van der Waals surface area contributed by atoms with Crippen molar-refractivity contribution in [3.8, 4) is 0 Å². The van der Waals surface area contributed by atoms with Gasteiger partial charge in [0.25, 0.3) is 0 Å². The lowest BCUT2D eigenvalue weighted by molar-refractivity contribution is -0.153. The molecule has 1 atom stereocenters. The van der Waals surface area contributed by atoms with Crippen molar-refractivity contribution in [1.29, 1.82) is 0 Å². The molecule has 1 saturated heterocycles. The fourth-order valence-electron chi connectivity index (χ4n) is 2.20. The summed E-state index contributed by atoms with van der Waals surface area (Å²) in [7, 11) is 0. The van der Waals surface area contributed by atoms with Crippen molar-refractivity contribution >= 4 is 23.8 Å². The van der Waals surface area contributed by atoms with Gasteiger partial charge in [-0.3, -0.25) is 4.79 Å². The first kappa shape index (κ1) is 12.5. The number of aliphatic carboxylic acids is 1. The predicted molar refractivity (Wildman–Crippen MR) is 66.2 cm³/mol. The lowest BCUT2D eigenvalue weighted by atomic mass is 9.69. The Morgan fingerprint density at radius 1 is 1.41 bits per heavy atom. The fraction of sp³-hybridized carbons (Fsp3) is 0.818. The molecule has 2 amide bonds. The molecule has 5 nitrogen and oxygen atoms in total. The van der Waals surface area contributed by atoms with E-state index in [9.17, 15) is 9.59 Å². The Kier molecular flexibility index (Phi) is 3.81. The Balaban J connectivity index is 1.73. The van der Waals surface area contributed by atoms with Gasteiger partial charge in [0, 0.05) is 18.3 Å². The highest BCUT2D eigenvalue weighted by Gasteiger charge is 2.44. The lowest BCUT2D eigenvalue weighted by Gasteiger charge is -2.37. The van der Waals surface area contributed by atoms with Crippen molar-refractivity contribution in [2.45, 2.75) is 31.7 Å². The monoisotopic (exact) mass is 258 g/mol. The van der Waals surface area contributed by atoms with Gasteiger partial charge < -0.3 is 15.7 Å². The summed E-state index contributed by atoms with van der Waals surface area (Å²) in [5.74, 6) is 1.25.